The van der Waals surface area contributed by atoms with Crippen molar-refractivity contribution < 1.29 is 4.39 Å². The van der Waals surface area contributed by atoms with Crippen molar-refractivity contribution >= 4 is 11.0 Å². The molecule has 2 aromatic rings. The maximum Gasteiger partial charge on any atom is 0.151 e. The molecule has 0 saturated carbocycles. The number of fused-ring (bicyclic) bond motifs is 1. The van der Waals surface area contributed by atoms with Crippen molar-refractivity contribution in [2.24, 2.45) is 11.1 Å². The summed E-state index contributed by atoms with van der Waals surface area (Å²) in [6.45, 7) is 9.93. The van der Waals surface area contributed by atoms with Gasteiger partial charge in [0.2, 0.25) is 0 Å². The van der Waals surface area contributed by atoms with Crippen LogP contribution in [0.2, 0.25) is 0 Å². The van der Waals surface area contributed by atoms with Crippen LogP contribution in [0.25, 0.3) is 11.0 Å². The second-order valence-corrected chi connectivity index (χ2v) is 6.52. The summed E-state index contributed by atoms with van der Waals surface area (Å²) in [5, 5.41) is 0. The molecule has 0 radical (unpaired) electrons. The fraction of sp³-hybridized carbons (Fsp3) is 0.562. The van der Waals surface area contributed by atoms with E-state index in [0.29, 0.717) is 12.1 Å². The van der Waals surface area contributed by atoms with E-state index in [1.54, 1.807) is 6.07 Å². The van der Waals surface area contributed by atoms with Gasteiger partial charge in [0.15, 0.2) is 5.82 Å². The van der Waals surface area contributed by atoms with E-state index >= 15 is 0 Å². The lowest BCUT2D eigenvalue weighted by molar-refractivity contribution is 0.332. The molecule has 0 amide bonds. The highest BCUT2D eigenvalue weighted by Gasteiger charge is 2.24. The third-order valence-electron chi connectivity index (χ3n) is 3.58. The number of imidazole rings is 1. The Hall–Kier alpha value is -1.42. The molecule has 0 spiro atoms. The smallest absolute Gasteiger partial charge is 0.151 e. The fourth-order valence-electron chi connectivity index (χ4n) is 2.79. The quantitative estimate of drug-likeness (QED) is 0.926. The number of benzene rings is 1. The number of aryl methyl sites for hydroxylation is 1. The number of para-hydroxylation sites is 1. The van der Waals surface area contributed by atoms with Gasteiger partial charge in [-0.05, 0) is 30.9 Å². The molecule has 1 aromatic heterocycles. The summed E-state index contributed by atoms with van der Waals surface area (Å²) in [5.74, 6) is 0.800. The first-order valence-electron chi connectivity index (χ1n) is 7.22. The SMILES string of the molecule is CCn1c(C(CN)CC(C)(C)C)nc2c(F)cccc21. The van der Waals surface area contributed by atoms with Crippen molar-refractivity contribution in [3.05, 3.63) is 29.8 Å². The summed E-state index contributed by atoms with van der Waals surface area (Å²) in [5.41, 5.74) is 7.43. The first-order valence-corrected chi connectivity index (χ1v) is 7.22. The summed E-state index contributed by atoms with van der Waals surface area (Å²) in [4.78, 5) is 4.55. The molecule has 3 nitrogen and oxygen atoms in total. The van der Waals surface area contributed by atoms with Gasteiger partial charge in [-0.25, -0.2) is 9.37 Å². The van der Waals surface area contributed by atoms with Gasteiger partial charge in [0.1, 0.15) is 11.3 Å². The molecule has 20 heavy (non-hydrogen) atoms. The molecule has 2 rings (SSSR count). The molecule has 110 valence electrons. The van der Waals surface area contributed by atoms with Crippen molar-refractivity contribution in [3.63, 3.8) is 0 Å². The van der Waals surface area contributed by atoms with Gasteiger partial charge in [0.25, 0.3) is 0 Å². The minimum absolute atomic E-state index is 0.154. The van der Waals surface area contributed by atoms with Crippen LogP contribution in [-0.4, -0.2) is 16.1 Å². The van der Waals surface area contributed by atoms with Crippen molar-refractivity contribution in [3.8, 4) is 0 Å². The molecular formula is C16H24FN3. The second kappa shape index (κ2) is 5.52. The Morgan fingerprint density at radius 3 is 2.60 bits per heavy atom. The molecule has 0 aliphatic heterocycles. The molecule has 0 fully saturated rings. The summed E-state index contributed by atoms with van der Waals surface area (Å²) < 4.78 is 16.0. The molecule has 4 heteroatoms. The highest BCUT2D eigenvalue weighted by molar-refractivity contribution is 5.76. The normalized spacial score (nSPS) is 13.9. The largest absolute Gasteiger partial charge is 0.330 e. The molecule has 0 aliphatic rings. The fourth-order valence-corrected chi connectivity index (χ4v) is 2.79. The predicted octanol–water partition coefficient (Wildman–Crippen LogP) is 3.67. The minimum atomic E-state index is -0.262. The molecule has 1 atom stereocenters. The van der Waals surface area contributed by atoms with Crippen LogP contribution in [0, 0.1) is 11.2 Å². The van der Waals surface area contributed by atoms with E-state index < -0.39 is 0 Å². The van der Waals surface area contributed by atoms with Gasteiger partial charge in [-0.2, -0.15) is 0 Å². The lowest BCUT2D eigenvalue weighted by Gasteiger charge is -2.25. The van der Waals surface area contributed by atoms with Crippen LogP contribution in [0.1, 0.15) is 45.9 Å². The Morgan fingerprint density at radius 1 is 1.35 bits per heavy atom. The van der Waals surface area contributed by atoms with E-state index in [1.807, 2.05) is 6.07 Å². The topological polar surface area (TPSA) is 43.8 Å². The molecule has 1 unspecified atom stereocenters. The third kappa shape index (κ3) is 2.85. The van der Waals surface area contributed by atoms with Crippen molar-refractivity contribution in [2.75, 3.05) is 6.54 Å². The second-order valence-electron chi connectivity index (χ2n) is 6.52. The van der Waals surface area contributed by atoms with Gasteiger partial charge in [-0.15, -0.1) is 0 Å². The Bertz CT molecular complexity index is 596. The molecule has 1 heterocycles. The first kappa shape index (κ1) is 15.0. The highest BCUT2D eigenvalue weighted by Crippen LogP contribution is 2.32. The molecule has 0 bridgehead atoms. The summed E-state index contributed by atoms with van der Waals surface area (Å²) in [6.07, 6.45) is 0.939. The molecule has 2 N–H and O–H groups in total. The van der Waals surface area contributed by atoms with Crippen molar-refractivity contribution in [1.29, 1.82) is 0 Å². The number of rotatable bonds is 4. The minimum Gasteiger partial charge on any atom is -0.330 e. The highest BCUT2D eigenvalue weighted by atomic mass is 19.1. The van der Waals surface area contributed by atoms with E-state index in [9.17, 15) is 4.39 Å². The maximum atomic E-state index is 13.9. The van der Waals surface area contributed by atoms with E-state index in [1.165, 1.54) is 6.07 Å². The Labute approximate surface area is 120 Å². The van der Waals surface area contributed by atoms with Crippen LogP contribution in [-0.2, 0) is 6.54 Å². The van der Waals surface area contributed by atoms with Crippen LogP contribution >= 0.6 is 0 Å². The van der Waals surface area contributed by atoms with Gasteiger partial charge in [0, 0.05) is 19.0 Å². The number of aromatic nitrogens is 2. The van der Waals surface area contributed by atoms with Crippen LogP contribution in [0.3, 0.4) is 0 Å². The number of hydrogen-bond acceptors (Lipinski definition) is 2. The van der Waals surface area contributed by atoms with E-state index in [-0.39, 0.29) is 17.2 Å². The van der Waals surface area contributed by atoms with Crippen LogP contribution < -0.4 is 5.73 Å². The first-order chi connectivity index (χ1) is 9.37. The molecular weight excluding hydrogens is 253 g/mol. The number of nitrogens with two attached hydrogens (primary N) is 1. The van der Waals surface area contributed by atoms with Gasteiger partial charge >= 0.3 is 0 Å². The van der Waals surface area contributed by atoms with Crippen LogP contribution in [0.5, 0.6) is 0 Å². The van der Waals surface area contributed by atoms with Gasteiger partial charge in [-0.1, -0.05) is 26.8 Å². The standard InChI is InChI=1S/C16H24FN3/c1-5-20-13-8-6-7-12(17)14(13)19-15(20)11(10-18)9-16(2,3)4/h6-8,11H,5,9-10,18H2,1-4H3. The van der Waals surface area contributed by atoms with Gasteiger partial charge in [-0.3, -0.25) is 0 Å². The monoisotopic (exact) mass is 277 g/mol. The third-order valence-corrected chi connectivity index (χ3v) is 3.58. The van der Waals surface area contributed by atoms with Crippen LogP contribution in [0.4, 0.5) is 4.39 Å². The summed E-state index contributed by atoms with van der Waals surface area (Å²) >= 11 is 0. The number of hydrogen-bond donors (Lipinski definition) is 1. The Morgan fingerprint density at radius 2 is 2.05 bits per heavy atom. The van der Waals surface area contributed by atoms with E-state index in [0.717, 1.165) is 24.3 Å². The molecule has 0 saturated heterocycles. The summed E-state index contributed by atoms with van der Waals surface area (Å²) in [7, 11) is 0. The summed E-state index contributed by atoms with van der Waals surface area (Å²) in [6, 6.07) is 5.11. The molecule has 1 aromatic carbocycles. The zero-order valence-corrected chi connectivity index (χ0v) is 12.8. The van der Waals surface area contributed by atoms with Gasteiger partial charge < -0.3 is 10.3 Å². The van der Waals surface area contributed by atoms with Gasteiger partial charge in [0.05, 0.1) is 5.52 Å². The zero-order valence-electron chi connectivity index (χ0n) is 12.8. The van der Waals surface area contributed by atoms with E-state index in [2.05, 4.69) is 37.2 Å². The molecule has 0 aliphatic carbocycles. The number of nitrogens with zero attached hydrogens (tertiary/aromatic N) is 2. The number of halogens is 1. The zero-order chi connectivity index (χ0) is 14.9. The lowest BCUT2D eigenvalue weighted by atomic mass is 9.84. The van der Waals surface area contributed by atoms with Crippen LogP contribution in [0.15, 0.2) is 18.2 Å². The lowest BCUT2D eigenvalue weighted by Crippen LogP contribution is -2.22. The van der Waals surface area contributed by atoms with Crippen molar-refractivity contribution in [2.45, 2.75) is 46.6 Å². The predicted molar refractivity (Wildman–Crippen MR) is 81.2 cm³/mol. The Balaban J connectivity index is 2.55. The van der Waals surface area contributed by atoms with E-state index in [4.69, 9.17) is 5.73 Å². The average Bonchev–Trinajstić information content (AvgIpc) is 2.74. The Kier molecular flexibility index (Phi) is 4.14. The maximum absolute atomic E-state index is 13.9. The van der Waals surface area contributed by atoms with Crippen molar-refractivity contribution in [1.82, 2.24) is 9.55 Å². The average molecular weight is 277 g/mol.